The Balaban J connectivity index is 1.48. The molecule has 3 rings (SSSR count). The standard InChI is InChI=1S/C24H28FN3O3/c1-16-20(28-24(31)26-16)10-6-3-7-11-23(30)27-21-13-12-18(25)15-19(21)22(29)14-17-8-4-2-5-9-17/h2,4-5,8-9,12-13,15-16,20H,3,6-7,10-11,14H2,1H3,(H,27,30)(H2,26,28,31). The van der Waals surface area contributed by atoms with Gasteiger partial charge in [-0.25, -0.2) is 9.18 Å². The predicted molar refractivity (Wildman–Crippen MR) is 118 cm³/mol. The van der Waals surface area contributed by atoms with E-state index >= 15 is 0 Å². The lowest BCUT2D eigenvalue weighted by Gasteiger charge is -2.13. The van der Waals surface area contributed by atoms with Crippen molar-refractivity contribution in [1.29, 1.82) is 0 Å². The van der Waals surface area contributed by atoms with Crippen LogP contribution in [0.1, 0.15) is 54.9 Å². The normalized spacial score (nSPS) is 17.7. The van der Waals surface area contributed by atoms with Gasteiger partial charge in [0.1, 0.15) is 5.82 Å². The number of hydrogen-bond donors (Lipinski definition) is 3. The van der Waals surface area contributed by atoms with E-state index in [2.05, 4.69) is 16.0 Å². The molecule has 0 saturated carbocycles. The number of nitrogens with one attached hydrogen (secondary N) is 3. The summed E-state index contributed by atoms with van der Waals surface area (Å²) in [5.74, 6) is -0.968. The summed E-state index contributed by atoms with van der Waals surface area (Å²) in [6, 6.07) is 13.2. The van der Waals surface area contributed by atoms with E-state index in [1.54, 1.807) is 0 Å². The maximum absolute atomic E-state index is 13.8. The summed E-state index contributed by atoms with van der Waals surface area (Å²) in [5, 5.41) is 8.46. The largest absolute Gasteiger partial charge is 0.334 e. The zero-order chi connectivity index (χ0) is 22.2. The van der Waals surface area contributed by atoms with Crippen LogP contribution in [-0.4, -0.2) is 29.8 Å². The lowest BCUT2D eigenvalue weighted by Crippen LogP contribution is -2.30. The number of amides is 3. The molecule has 1 aliphatic heterocycles. The molecule has 3 N–H and O–H groups in total. The highest BCUT2D eigenvalue weighted by molar-refractivity contribution is 6.05. The highest BCUT2D eigenvalue weighted by Gasteiger charge is 2.26. The van der Waals surface area contributed by atoms with Crippen molar-refractivity contribution in [1.82, 2.24) is 10.6 Å². The van der Waals surface area contributed by atoms with Crippen LogP contribution in [0.15, 0.2) is 48.5 Å². The first kappa shape index (κ1) is 22.5. The van der Waals surface area contributed by atoms with E-state index in [-0.39, 0.29) is 41.8 Å². The van der Waals surface area contributed by atoms with Gasteiger partial charge in [0.05, 0.1) is 11.7 Å². The highest BCUT2D eigenvalue weighted by Crippen LogP contribution is 2.20. The third-order valence-corrected chi connectivity index (χ3v) is 5.46. The van der Waals surface area contributed by atoms with E-state index in [0.717, 1.165) is 24.8 Å². The molecule has 1 aliphatic rings. The Hall–Kier alpha value is -3.22. The highest BCUT2D eigenvalue weighted by atomic mass is 19.1. The zero-order valence-electron chi connectivity index (χ0n) is 17.6. The summed E-state index contributed by atoms with van der Waals surface area (Å²) in [5.41, 5.74) is 1.34. The minimum absolute atomic E-state index is 0.112. The first-order valence-electron chi connectivity index (χ1n) is 10.7. The number of rotatable bonds is 10. The molecule has 0 radical (unpaired) electrons. The number of carbonyl (C=O) groups is 3. The number of benzene rings is 2. The molecule has 2 atom stereocenters. The summed E-state index contributed by atoms with van der Waals surface area (Å²) in [7, 11) is 0. The molecule has 1 heterocycles. The molecule has 164 valence electrons. The van der Waals surface area contributed by atoms with Crippen LogP contribution in [0.25, 0.3) is 0 Å². The fraction of sp³-hybridized carbons (Fsp3) is 0.375. The molecule has 1 saturated heterocycles. The minimum atomic E-state index is -0.517. The van der Waals surface area contributed by atoms with Crippen molar-refractivity contribution >= 4 is 23.4 Å². The number of hydrogen-bond acceptors (Lipinski definition) is 3. The number of Topliss-reactive ketones (excluding diaryl/α,β-unsaturated/α-hetero) is 1. The fourth-order valence-electron chi connectivity index (χ4n) is 3.74. The number of anilines is 1. The quantitative estimate of drug-likeness (QED) is 0.394. The van der Waals surface area contributed by atoms with Gasteiger partial charge >= 0.3 is 6.03 Å². The molecule has 7 heteroatoms. The van der Waals surface area contributed by atoms with Gasteiger partial charge in [0.25, 0.3) is 0 Å². The lowest BCUT2D eigenvalue weighted by atomic mass is 10.0. The van der Waals surface area contributed by atoms with Gasteiger partial charge in [0.15, 0.2) is 5.78 Å². The number of urea groups is 1. The van der Waals surface area contributed by atoms with Crippen molar-refractivity contribution in [3.63, 3.8) is 0 Å². The Bertz CT molecular complexity index is 933. The average molecular weight is 426 g/mol. The molecular weight excluding hydrogens is 397 g/mol. The second-order valence-electron chi connectivity index (χ2n) is 7.94. The molecule has 1 fully saturated rings. The molecule has 2 aromatic rings. The van der Waals surface area contributed by atoms with Crippen LogP contribution < -0.4 is 16.0 Å². The molecule has 0 spiro atoms. The van der Waals surface area contributed by atoms with Crippen molar-refractivity contribution in [2.24, 2.45) is 0 Å². The molecule has 2 aromatic carbocycles. The zero-order valence-corrected chi connectivity index (χ0v) is 17.6. The summed E-state index contributed by atoms with van der Waals surface area (Å²) >= 11 is 0. The first-order chi connectivity index (χ1) is 14.9. The Labute approximate surface area is 181 Å². The number of halogens is 1. The molecule has 6 nitrogen and oxygen atoms in total. The molecule has 0 aliphatic carbocycles. The van der Waals surface area contributed by atoms with Gasteiger partial charge in [0, 0.05) is 24.4 Å². The summed E-state index contributed by atoms with van der Waals surface area (Å²) in [6.45, 7) is 1.97. The van der Waals surface area contributed by atoms with Crippen molar-refractivity contribution in [3.8, 4) is 0 Å². The van der Waals surface area contributed by atoms with Crippen molar-refractivity contribution < 1.29 is 18.8 Å². The van der Waals surface area contributed by atoms with Gasteiger partial charge in [0.2, 0.25) is 5.91 Å². The van der Waals surface area contributed by atoms with Crippen LogP contribution in [-0.2, 0) is 11.2 Å². The number of unbranched alkanes of at least 4 members (excludes halogenated alkanes) is 2. The van der Waals surface area contributed by atoms with Gasteiger partial charge in [-0.15, -0.1) is 0 Å². The second kappa shape index (κ2) is 10.7. The van der Waals surface area contributed by atoms with Gasteiger partial charge in [-0.1, -0.05) is 43.2 Å². The molecular formula is C24H28FN3O3. The molecule has 0 aromatic heterocycles. The van der Waals surface area contributed by atoms with E-state index in [9.17, 15) is 18.8 Å². The van der Waals surface area contributed by atoms with E-state index in [1.165, 1.54) is 18.2 Å². The minimum Gasteiger partial charge on any atom is -0.334 e. The Morgan fingerprint density at radius 1 is 1.03 bits per heavy atom. The Morgan fingerprint density at radius 2 is 1.81 bits per heavy atom. The third-order valence-electron chi connectivity index (χ3n) is 5.46. The van der Waals surface area contributed by atoms with Crippen LogP contribution in [0.3, 0.4) is 0 Å². The number of carbonyl (C=O) groups excluding carboxylic acids is 3. The summed E-state index contributed by atoms with van der Waals surface area (Å²) < 4.78 is 13.8. The third kappa shape index (κ3) is 6.64. The van der Waals surface area contributed by atoms with E-state index in [4.69, 9.17) is 0 Å². The predicted octanol–water partition coefficient (Wildman–Crippen LogP) is 4.21. The number of ketones is 1. The molecule has 3 amide bonds. The van der Waals surface area contributed by atoms with Crippen LogP contribution in [0.4, 0.5) is 14.9 Å². The monoisotopic (exact) mass is 425 g/mol. The van der Waals surface area contributed by atoms with Gasteiger partial charge in [-0.2, -0.15) is 0 Å². The summed E-state index contributed by atoms with van der Waals surface area (Å²) in [4.78, 5) is 36.3. The molecule has 2 unspecified atom stereocenters. The topological polar surface area (TPSA) is 87.3 Å². The van der Waals surface area contributed by atoms with Crippen LogP contribution in [0.5, 0.6) is 0 Å². The van der Waals surface area contributed by atoms with Crippen LogP contribution in [0, 0.1) is 5.82 Å². The van der Waals surface area contributed by atoms with Crippen molar-refractivity contribution in [2.75, 3.05) is 5.32 Å². The Kier molecular flexibility index (Phi) is 7.76. The fourth-order valence-corrected chi connectivity index (χ4v) is 3.74. The van der Waals surface area contributed by atoms with Crippen LogP contribution >= 0.6 is 0 Å². The van der Waals surface area contributed by atoms with E-state index in [0.29, 0.717) is 18.5 Å². The van der Waals surface area contributed by atoms with Crippen LogP contribution in [0.2, 0.25) is 0 Å². The maximum Gasteiger partial charge on any atom is 0.315 e. The van der Waals surface area contributed by atoms with Gasteiger partial charge in [-0.3, -0.25) is 9.59 Å². The van der Waals surface area contributed by atoms with E-state index < -0.39 is 5.82 Å². The van der Waals surface area contributed by atoms with Gasteiger partial charge in [-0.05, 0) is 43.5 Å². The summed E-state index contributed by atoms with van der Waals surface area (Å²) in [6.07, 6.45) is 3.77. The smallest absolute Gasteiger partial charge is 0.315 e. The Morgan fingerprint density at radius 3 is 2.52 bits per heavy atom. The second-order valence-corrected chi connectivity index (χ2v) is 7.94. The molecule has 0 bridgehead atoms. The SMILES string of the molecule is CC1NC(=O)NC1CCCCCC(=O)Nc1ccc(F)cc1C(=O)Cc1ccccc1. The first-order valence-corrected chi connectivity index (χ1v) is 10.7. The van der Waals surface area contributed by atoms with E-state index in [1.807, 2.05) is 37.3 Å². The van der Waals surface area contributed by atoms with Crippen molar-refractivity contribution in [3.05, 3.63) is 65.5 Å². The lowest BCUT2D eigenvalue weighted by molar-refractivity contribution is -0.116. The molecule has 31 heavy (non-hydrogen) atoms. The van der Waals surface area contributed by atoms with Crippen molar-refractivity contribution in [2.45, 2.75) is 57.5 Å². The maximum atomic E-state index is 13.8. The van der Waals surface area contributed by atoms with Gasteiger partial charge < -0.3 is 16.0 Å². The average Bonchev–Trinajstić information content (AvgIpc) is 3.06.